The molecule has 1 aromatic carbocycles. The number of aryl methyl sites for hydroxylation is 1. The number of carboxylic acid groups (broad SMARTS) is 1. The Bertz CT molecular complexity index is 741. The van der Waals surface area contributed by atoms with Crippen LogP contribution in [-0.2, 0) is 29.8 Å². The van der Waals surface area contributed by atoms with Gasteiger partial charge in [0.2, 0.25) is 5.91 Å². The third kappa shape index (κ3) is 8.71. The Morgan fingerprint density at radius 3 is 2.52 bits per heavy atom. The zero-order valence-electron chi connectivity index (χ0n) is 17.7. The predicted molar refractivity (Wildman–Crippen MR) is 115 cm³/mol. The maximum absolute atomic E-state index is 13.2. The molecule has 174 valence electrons. The van der Waals surface area contributed by atoms with E-state index >= 15 is 0 Å². The third-order valence-electron chi connectivity index (χ3n) is 5.33. The first-order chi connectivity index (χ1) is 14.8. The van der Waals surface area contributed by atoms with Crippen LogP contribution in [0, 0.1) is 5.92 Å². The summed E-state index contributed by atoms with van der Waals surface area (Å²) in [5.74, 6) is -3.22. The monoisotopic (exact) mass is 456 g/mol. The van der Waals surface area contributed by atoms with Crippen LogP contribution in [0.15, 0.2) is 30.3 Å². The Labute approximate surface area is 182 Å². The second-order valence-electron chi connectivity index (χ2n) is 7.73. The Kier molecular flexibility index (Phi) is 10.6. The van der Waals surface area contributed by atoms with Crippen molar-refractivity contribution in [3.63, 3.8) is 0 Å². The highest BCUT2D eigenvalue weighted by atomic mass is 31.2. The summed E-state index contributed by atoms with van der Waals surface area (Å²) in [5, 5.41) is 12.1. The summed E-state index contributed by atoms with van der Waals surface area (Å²) in [4.78, 5) is 34.9. The number of ether oxygens (including phenoxy) is 1. The van der Waals surface area contributed by atoms with Gasteiger partial charge in [0.05, 0.1) is 0 Å². The molecule has 0 aromatic heterocycles. The van der Waals surface area contributed by atoms with E-state index < -0.39 is 25.5 Å². The van der Waals surface area contributed by atoms with E-state index in [1.165, 1.54) is 0 Å². The quantitative estimate of drug-likeness (QED) is 0.261. The average molecular weight is 456 g/mol. The number of hydrogen-bond acceptors (Lipinski definition) is 6. The van der Waals surface area contributed by atoms with Crippen LogP contribution in [0.4, 0.5) is 0 Å². The van der Waals surface area contributed by atoms with Gasteiger partial charge < -0.3 is 25.8 Å². The Balaban J connectivity index is 2.08. The van der Waals surface area contributed by atoms with Gasteiger partial charge in [0, 0.05) is 19.6 Å². The first kappa shape index (κ1) is 25.5. The van der Waals surface area contributed by atoms with Gasteiger partial charge in [-0.05, 0) is 56.6 Å². The van der Waals surface area contributed by atoms with Gasteiger partial charge in [-0.25, -0.2) is 4.79 Å². The van der Waals surface area contributed by atoms with E-state index in [0.29, 0.717) is 51.9 Å². The molecule has 5 N–H and O–H groups in total. The van der Waals surface area contributed by atoms with E-state index in [1.54, 1.807) is 0 Å². The molecule has 1 aromatic rings. The molecule has 1 fully saturated rings. The van der Waals surface area contributed by atoms with Gasteiger partial charge in [-0.15, -0.1) is 0 Å². The average Bonchev–Trinajstić information content (AvgIpc) is 2.76. The lowest BCUT2D eigenvalue weighted by Gasteiger charge is -2.34. The highest BCUT2D eigenvalue weighted by Gasteiger charge is 2.43. The number of benzene rings is 1. The number of aliphatic carboxylic acids is 1. The number of carbonyl (C=O) groups is 2. The summed E-state index contributed by atoms with van der Waals surface area (Å²) < 4.78 is 23.7. The van der Waals surface area contributed by atoms with Crippen molar-refractivity contribution in [2.75, 3.05) is 19.8 Å². The minimum atomic E-state index is -4.48. The summed E-state index contributed by atoms with van der Waals surface area (Å²) in [6.45, 7) is 1.20. The van der Waals surface area contributed by atoms with Crippen LogP contribution in [0.5, 0.6) is 0 Å². The second-order valence-corrected chi connectivity index (χ2v) is 9.62. The standard InChI is InChI=1S/C21H33N2O7P/c22-13-5-4-8-18(21(25)26)30-31(27,28)20(17-11-14-29-15-12-17)23-19(24)10-9-16-6-2-1-3-7-16/h1-3,6-7,17-18,20H,4-5,8-15,22H2,(H,23,24)(H,25,26)(H,27,28)/t18?,20-/m0/s1. The zero-order chi connectivity index (χ0) is 22.7. The summed E-state index contributed by atoms with van der Waals surface area (Å²) in [5.41, 5.74) is 6.42. The summed E-state index contributed by atoms with van der Waals surface area (Å²) >= 11 is 0. The topological polar surface area (TPSA) is 148 Å². The highest BCUT2D eigenvalue weighted by Crippen LogP contribution is 2.52. The van der Waals surface area contributed by atoms with Gasteiger partial charge in [0.1, 0.15) is 5.78 Å². The Hall–Kier alpha value is -1.77. The van der Waals surface area contributed by atoms with Crippen molar-refractivity contribution >= 4 is 19.5 Å². The smallest absolute Gasteiger partial charge is 0.351 e. The van der Waals surface area contributed by atoms with Crippen molar-refractivity contribution in [3.8, 4) is 0 Å². The first-order valence-electron chi connectivity index (χ1n) is 10.7. The lowest BCUT2D eigenvalue weighted by Crippen LogP contribution is -2.43. The molecule has 10 heteroatoms. The fraction of sp³-hybridized carbons (Fsp3) is 0.619. The second kappa shape index (κ2) is 12.9. The van der Waals surface area contributed by atoms with Crippen molar-refractivity contribution in [2.24, 2.45) is 11.7 Å². The van der Waals surface area contributed by atoms with Crippen LogP contribution < -0.4 is 11.1 Å². The molecule has 0 bridgehead atoms. The van der Waals surface area contributed by atoms with Gasteiger partial charge in [-0.2, -0.15) is 0 Å². The number of unbranched alkanes of at least 4 members (excludes halogenated alkanes) is 1. The maximum Gasteiger partial charge on any atom is 0.351 e. The van der Waals surface area contributed by atoms with Gasteiger partial charge in [-0.3, -0.25) is 13.9 Å². The molecule has 0 spiro atoms. The SMILES string of the molecule is NCCCCC(OP(=O)(O)[C@H](NC(=O)CCc1ccccc1)C1CCOCC1)C(=O)O. The van der Waals surface area contributed by atoms with Crippen molar-refractivity contribution < 1.29 is 33.4 Å². The number of amides is 1. The van der Waals surface area contributed by atoms with Crippen LogP contribution in [0.3, 0.4) is 0 Å². The fourth-order valence-corrected chi connectivity index (χ4v) is 5.41. The number of hydrogen-bond donors (Lipinski definition) is 4. The van der Waals surface area contributed by atoms with E-state index in [2.05, 4.69) is 5.32 Å². The summed E-state index contributed by atoms with van der Waals surface area (Å²) in [7, 11) is -4.48. The normalized spacial score (nSPS) is 18.6. The molecule has 1 aliphatic heterocycles. The van der Waals surface area contributed by atoms with Gasteiger partial charge in [0.25, 0.3) is 0 Å². The fourth-order valence-electron chi connectivity index (χ4n) is 3.58. The van der Waals surface area contributed by atoms with E-state index in [-0.39, 0.29) is 24.7 Å². The molecule has 0 aliphatic carbocycles. The first-order valence-corrected chi connectivity index (χ1v) is 12.3. The molecular formula is C21H33N2O7P. The predicted octanol–water partition coefficient (Wildman–Crippen LogP) is 2.27. The van der Waals surface area contributed by atoms with Crippen LogP contribution in [-0.4, -0.2) is 53.5 Å². The van der Waals surface area contributed by atoms with E-state index in [9.17, 15) is 24.2 Å². The largest absolute Gasteiger partial charge is 0.479 e. The summed E-state index contributed by atoms with van der Waals surface area (Å²) in [6.07, 6.45) is 1.25. The van der Waals surface area contributed by atoms with E-state index in [1.807, 2.05) is 30.3 Å². The minimum Gasteiger partial charge on any atom is -0.479 e. The molecule has 31 heavy (non-hydrogen) atoms. The number of carbonyl (C=O) groups excluding carboxylic acids is 1. The van der Waals surface area contributed by atoms with Gasteiger partial charge >= 0.3 is 13.6 Å². The molecule has 1 amide bonds. The Morgan fingerprint density at radius 1 is 1.23 bits per heavy atom. The highest BCUT2D eigenvalue weighted by molar-refractivity contribution is 7.53. The third-order valence-corrected chi connectivity index (χ3v) is 7.14. The van der Waals surface area contributed by atoms with Crippen LogP contribution in [0.1, 0.15) is 44.1 Å². The molecule has 9 nitrogen and oxygen atoms in total. The van der Waals surface area contributed by atoms with Crippen molar-refractivity contribution in [1.29, 1.82) is 0 Å². The number of carboxylic acids is 1. The summed E-state index contributed by atoms with van der Waals surface area (Å²) in [6, 6.07) is 9.45. The van der Waals surface area contributed by atoms with Crippen molar-refractivity contribution in [2.45, 2.75) is 56.8 Å². The van der Waals surface area contributed by atoms with Crippen LogP contribution >= 0.6 is 7.60 Å². The van der Waals surface area contributed by atoms with Crippen molar-refractivity contribution in [3.05, 3.63) is 35.9 Å². The van der Waals surface area contributed by atoms with Crippen molar-refractivity contribution in [1.82, 2.24) is 5.32 Å². The maximum atomic E-state index is 13.2. The Morgan fingerprint density at radius 2 is 1.90 bits per heavy atom. The molecule has 1 saturated heterocycles. The van der Waals surface area contributed by atoms with Crippen LogP contribution in [0.25, 0.3) is 0 Å². The molecule has 2 unspecified atom stereocenters. The van der Waals surface area contributed by atoms with Gasteiger partial charge in [0.15, 0.2) is 6.10 Å². The number of nitrogens with one attached hydrogen (secondary N) is 1. The van der Waals surface area contributed by atoms with Crippen LogP contribution in [0.2, 0.25) is 0 Å². The number of nitrogens with two attached hydrogens (primary N) is 1. The molecule has 0 radical (unpaired) electrons. The molecular weight excluding hydrogens is 423 g/mol. The van der Waals surface area contributed by atoms with E-state index in [4.69, 9.17) is 15.0 Å². The molecule has 1 heterocycles. The number of rotatable bonds is 13. The molecule has 2 rings (SSSR count). The minimum absolute atomic E-state index is 0.0690. The van der Waals surface area contributed by atoms with E-state index in [0.717, 1.165) is 5.56 Å². The van der Waals surface area contributed by atoms with Gasteiger partial charge in [-0.1, -0.05) is 30.3 Å². The molecule has 1 aliphatic rings. The molecule has 0 saturated carbocycles. The molecule has 3 atom stereocenters. The zero-order valence-corrected chi connectivity index (χ0v) is 18.5. The lowest BCUT2D eigenvalue weighted by molar-refractivity contribution is -0.145. The lowest BCUT2D eigenvalue weighted by atomic mass is 10.00.